The summed E-state index contributed by atoms with van der Waals surface area (Å²) in [5.41, 5.74) is 12.3. The van der Waals surface area contributed by atoms with Crippen LogP contribution in [0.4, 0.5) is 5.69 Å². The average molecular weight is 313 g/mol. The van der Waals surface area contributed by atoms with Crippen LogP contribution >= 0.6 is 0 Å². The Bertz CT molecular complexity index is 980. The highest BCUT2D eigenvalue weighted by molar-refractivity contribution is 5.80. The number of fused-ring (bicyclic) bond motifs is 1. The van der Waals surface area contributed by atoms with Crippen molar-refractivity contribution in [3.63, 3.8) is 0 Å². The molecule has 24 heavy (non-hydrogen) atoms. The van der Waals surface area contributed by atoms with Gasteiger partial charge in [-0.3, -0.25) is 0 Å². The number of para-hydroxylation sites is 2. The second kappa shape index (κ2) is 5.85. The van der Waals surface area contributed by atoms with E-state index in [0.717, 1.165) is 34.7 Å². The number of aryl methyl sites for hydroxylation is 1. The first-order valence-electron chi connectivity index (χ1n) is 8.07. The summed E-state index contributed by atoms with van der Waals surface area (Å²) in [6.45, 7) is 2.87. The molecule has 0 saturated carbocycles. The number of aromatic nitrogens is 2. The van der Waals surface area contributed by atoms with Crippen LogP contribution in [0.3, 0.4) is 0 Å². The second-order valence-corrected chi connectivity index (χ2v) is 6.12. The summed E-state index contributed by atoms with van der Waals surface area (Å²) in [6, 6.07) is 24.8. The van der Waals surface area contributed by atoms with Crippen LogP contribution in [0.2, 0.25) is 0 Å². The summed E-state index contributed by atoms with van der Waals surface area (Å²) in [4.78, 5) is 4.86. The molecule has 0 unspecified atom stereocenters. The van der Waals surface area contributed by atoms with Gasteiger partial charge in [0.1, 0.15) is 5.82 Å². The van der Waals surface area contributed by atoms with E-state index >= 15 is 0 Å². The van der Waals surface area contributed by atoms with Crippen molar-refractivity contribution in [3.8, 4) is 11.4 Å². The van der Waals surface area contributed by atoms with E-state index in [1.54, 1.807) is 0 Å². The standard InChI is InChI=1S/C21H19N3/c1-15-6-10-17(11-7-15)21-23-19-4-2-3-5-20(19)24(21)14-16-8-12-18(22)13-9-16/h2-13H,14,22H2,1H3. The number of hydrogen-bond donors (Lipinski definition) is 1. The van der Waals surface area contributed by atoms with Crippen molar-refractivity contribution in [1.82, 2.24) is 9.55 Å². The molecule has 0 aliphatic rings. The highest BCUT2D eigenvalue weighted by Gasteiger charge is 2.12. The Morgan fingerprint density at radius 3 is 2.33 bits per heavy atom. The van der Waals surface area contributed by atoms with Crippen LogP contribution in [-0.2, 0) is 6.54 Å². The van der Waals surface area contributed by atoms with E-state index in [9.17, 15) is 0 Å². The van der Waals surface area contributed by atoms with Crippen molar-refractivity contribution in [2.45, 2.75) is 13.5 Å². The zero-order valence-corrected chi connectivity index (χ0v) is 13.6. The molecule has 3 heteroatoms. The first-order chi connectivity index (χ1) is 11.7. The summed E-state index contributed by atoms with van der Waals surface area (Å²) >= 11 is 0. The maximum Gasteiger partial charge on any atom is 0.141 e. The number of nitrogens with two attached hydrogens (primary N) is 1. The summed E-state index contributed by atoms with van der Waals surface area (Å²) in [5, 5.41) is 0. The van der Waals surface area contributed by atoms with E-state index in [1.807, 2.05) is 18.2 Å². The van der Waals surface area contributed by atoms with Gasteiger partial charge in [-0.05, 0) is 36.8 Å². The molecule has 118 valence electrons. The van der Waals surface area contributed by atoms with Crippen molar-refractivity contribution in [3.05, 3.63) is 83.9 Å². The molecule has 0 bridgehead atoms. The molecule has 3 aromatic carbocycles. The predicted octanol–water partition coefficient (Wildman–Crippen LogP) is 4.64. The molecule has 0 aliphatic carbocycles. The minimum atomic E-state index is 0.768. The molecule has 0 atom stereocenters. The Labute approximate surface area is 141 Å². The number of imidazole rings is 1. The monoisotopic (exact) mass is 313 g/mol. The van der Waals surface area contributed by atoms with E-state index < -0.39 is 0 Å². The van der Waals surface area contributed by atoms with Gasteiger partial charge < -0.3 is 10.3 Å². The zero-order chi connectivity index (χ0) is 16.5. The number of nitrogens with zero attached hydrogens (tertiary/aromatic N) is 2. The molecule has 1 aromatic heterocycles. The molecule has 0 saturated heterocycles. The van der Waals surface area contributed by atoms with Gasteiger partial charge in [0.25, 0.3) is 0 Å². The molecule has 0 radical (unpaired) electrons. The predicted molar refractivity (Wildman–Crippen MR) is 99.9 cm³/mol. The van der Waals surface area contributed by atoms with E-state index in [2.05, 4.69) is 66.1 Å². The van der Waals surface area contributed by atoms with E-state index in [1.165, 1.54) is 11.1 Å². The van der Waals surface area contributed by atoms with Crippen LogP contribution in [-0.4, -0.2) is 9.55 Å². The minimum Gasteiger partial charge on any atom is -0.399 e. The van der Waals surface area contributed by atoms with Crippen molar-refractivity contribution in [1.29, 1.82) is 0 Å². The van der Waals surface area contributed by atoms with Gasteiger partial charge in [-0.15, -0.1) is 0 Å². The van der Waals surface area contributed by atoms with Crippen LogP contribution in [0.1, 0.15) is 11.1 Å². The van der Waals surface area contributed by atoms with E-state index in [-0.39, 0.29) is 0 Å². The second-order valence-electron chi connectivity index (χ2n) is 6.12. The lowest BCUT2D eigenvalue weighted by Gasteiger charge is -2.10. The number of anilines is 1. The molecule has 0 amide bonds. The Morgan fingerprint density at radius 1 is 0.875 bits per heavy atom. The maximum atomic E-state index is 5.81. The molecule has 1 heterocycles. The van der Waals surface area contributed by atoms with Crippen LogP contribution in [0.25, 0.3) is 22.4 Å². The molecule has 0 spiro atoms. The van der Waals surface area contributed by atoms with Gasteiger partial charge in [-0.1, -0.05) is 54.1 Å². The molecule has 4 aromatic rings. The SMILES string of the molecule is Cc1ccc(-c2nc3ccccc3n2Cc2ccc(N)cc2)cc1. The van der Waals surface area contributed by atoms with Gasteiger partial charge in [0.15, 0.2) is 0 Å². The quantitative estimate of drug-likeness (QED) is 0.560. The molecular weight excluding hydrogens is 294 g/mol. The number of hydrogen-bond acceptors (Lipinski definition) is 2. The molecular formula is C21H19N3. The Hall–Kier alpha value is -3.07. The van der Waals surface area contributed by atoms with Crippen LogP contribution in [0, 0.1) is 6.92 Å². The third kappa shape index (κ3) is 2.65. The zero-order valence-electron chi connectivity index (χ0n) is 13.6. The van der Waals surface area contributed by atoms with Crippen LogP contribution < -0.4 is 5.73 Å². The highest BCUT2D eigenvalue weighted by atomic mass is 15.1. The topological polar surface area (TPSA) is 43.8 Å². The van der Waals surface area contributed by atoms with Crippen molar-refractivity contribution in [2.24, 2.45) is 0 Å². The van der Waals surface area contributed by atoms with Crippen LogP contribution in [0.5, 0.6) is 0 Å². The van der Waals surface area contributed by atoms with Crippen molar-refractivity contribution < 1.29 is 0 Å². The number of rotatable bonds is 3. The first kappa shape index (κ1) is 14.5. The largest absolute Gasteiger partial charge is 0.399 e. The van der Waals surface area contributed by atoms with E-state index in [4.69, 9.17) is 10.7 Å². The van der Waals surface area contributed by atoms with Crippen LogP contribution in [0.15, 0.2) is 72.8 Å². The first-order valence-corrected chi connectivity index (χ1v) is 8.07. The molecule has 0 aliphatic heterocycles. The van der Waals surface area contributed by atoms with Gasteiger partial charge in [-0.2, -0.15) is 0 Å². The lowest BCUT2D eigenvalue weighted by atomic mass is 10.1. The van der Waals surface area contributed by atoms with Crippen molar-refractivity contribution in [2.75, 3.05) is 5.73 Å². The number of nitrogen functional groups attached to an aromatic ring is 1. The Kier molecular flexibility index (Phi) is 3.54. The fraction of sp³-hybridized carbons (Fsp3) is 0.0952. The molecule has 0 fully saturated rings. The fourth-order valence-electron chi connectivity index (χ4n) is 2.96. The van der Waals surface area contributed by atoms with Gasteiger partial charge >= 0.3 is 0 Å². The molecule has 3 nitrogen and oxygen atoms in total. The van der Waals surface area contributed by atoms with Crippen molar-refractivity contribution >= 4 is 16.7 Å². The maximum absolute atomic E-state index is 5.81. The lowest BCUT2D eigenvalue weighted by molar-refractivity contribution is 0.834. The summed E-state index contributed by atoms with van der Waals surface area (Å²) in [7, 11) is 0. The lowest BCUT2D eigenvalue weighted by Crippen LogP contribution is -2.02. The Morgan fingerprint density at radius 2 is 1.58 bits per heavy atom. The minimum absolute atomic E-state index is 0.768. The van der Waals surface area contributed by atoms with Gasteiger partial charge in [0, 0.05) is 17.8 Å². The van der Waals surface area contributed by atoms with Gasteiger partial charge in [-0.25, -0.2) is 4.98 Å². The molecule has 2 N–H and O–H groups in total. The Balaban J connectivity index is 1.86. The number of benzene rings is 3. The normalized spacial score (nSPS) is 11.0. The highest BCUT2D eigenvalue weighted by Crippen LogP contribution is 2.26. The third-order valence-electron chi connectivity index (χ3n) is 4.28. The van der Waals surface area contributed by atoms with Gasteiger partial charge in [0.2, 0.25) is 0 Å². The summed E-state index contributed by atoms with van der Waals surface area (Å²) in [6.07, 6.45) is 0. The summed E-state index contributed by atoms with van der Waals surface area (Å²) < 4.78 is 2.27. The van der Waals surface area contributed by atoms with E-state index in [0.29, 0.717) is 0 Å². The van der Waals surface area contributed by atoms with Gasteiger partial charge in [0.05, 0.1) is 11.0 Å². The third-order valence-corrected chi connectivity index (χ3v) is 4.28. The molecule has 4 rings (SSSR count). The smallest absolute Gasteiger partial charge is 0.141 e. The summed E-state index contributed by atoms with van der Waals surface area (Å²) in [5.74, 6) is 0.994. The fourth-order valence-corrected chi connectivity index (χ4v) is 2.96. The average Bonchev–Trinajstić information content (AvgIpc) is 2.96.